The molecule has 0 aromatic rings. The zero-order chi connectivity index (χ0) is 48.1. The van der Waals surface area contributed by atoms with E-state index in [0.29, 0.717) is 12.8 Å². The lowest BCUT2D eigenvalue weighted by Crippen LogP contribution is -2.60. The van der Waals surface area contributed by atoms with Gasteiger partial charge in [-0.2, -0.15) is 0 Å². The van der Waals surface area contributed by atoms with Gasteiger partial charge in [-0.05, 0) is 38.5 Å². The molecule has 1 aliphatic rings. The fraction of sp³-hybridized carbons (Fsp3) is 0.909. The second kappa shape index (κ2) is 45.4. The average Bonchev–Trinajstić information content (AvgIpc) is 3.30. The number of carboxylic acids is 1. The van der Waals surface area contributed by atoms with Gasteiger partial charge in [-0.3, -0.25) is 9.59 Å². The Labute approximate surface area is 403 Å². The lowest BCUT2D eigenvalue weighted by molar-refractivity contribution is -0.298. The largest absolute Gasteiger partial charge is 0.479 e. The van der Waals surface area contributed by atoms with Crippen LogP contribution >= 0.6 is 0 Å². The number of hydrogen-bond donors (Lipinski definition) is 4. The summed E-state index contributed by atoms with van der Waals surface area (Å²) in [6.07, 6.45) is 42.7. The van der Waals surface area contributed by atoms with Gasteiger partial charge in [0.15, 0.2) is 18.5 Å². The number of carbonyl (C=O) groups is 3. The molecule has 6 atom stereocenters. The number of carbonyl (C=O) groups excluding carboxylic acids is 2. The first-order valence-electron chi connectivity index (χ1n) is 27.7. The summed E-state index contributed by atoms with van der Waals surface area (Å²) in [5, 5.41) is 40.0. The number of esters is 2. The van der Waals surface area contributed by atoms with E-state index in [1.807, 2.05) is 0 Å². The number of allylic oxidation sites excluding steroid dienone is 2. The van der Waals surface area contributed by atoms with Crippen molar-refractivity contribution >= 4 is 17.9 Å². The van der Waals surface area contributed by atoms with Crippen LogP contribution in [0.25, 0.3) is 0 Å². The Bertz CT molecular complexity index is 1150. The molecule has 11 heteroatoms. The van der Waals surface area contributed by atoms with Crippen LogP contribution in [-0.2, 0) is 33.3 Å². The third-order valence-electron chi connectivity index (χ3n) is 13.1. The SMILES string of the molecule is CCCCCCCC/C=C\CCCCCCCCCC(=O)OCC(COC1OC(C(=O)O)C(O)C(O)C1O)OC(=O)CCCCCCCCCCCCCCCCCCCCCCCCC. The predicted molar refractivity (Wildman–Crippen MR) is 266 cm³/mol. The van der Waals surface area contributed by atoms with Crippen molar-refractivity contribution in [3.05, 3.63) is 12.2 Å². The zero-order valence-corrected chi connectivity index (χ0v) is 42.5. The highest BCUT2D eigenvalue weighted by molar-refractivity contribution is 5.73. The lowest BCUT2D eigenvalue weighted by Gasteiger charge is -2.38. The summed E-state index contributed by atoms with van der Waals surface area (Å²) < 4.78 is 21.9. The molecule has 6 unspecified atom stereocenters. The predicted octanol–water partition coefficient (Wildman–Crippen LogP) is 13.6. The first-order chi connectivity index (χ1) is 32.2. The smallest absolute Gasteiger partial charge is 0.335 e. The van der Waals surface area contributed by atoms with Crippen molar-refractivity contribution in [3.63, 3.8) is 0 Å². The maximum absolute atomic E-state index is 12.9. The van der Waals surface area contributed by atoms with Crippen LogP contribution in [0, 0.1) is 0 Å². The molecule has 0 aromatic carbocycles. The zero-order valence-electron chi connectivity index (χ0n) is 42.5. The molecular formula is C55H102O11. The van der Waals surface area contributed by atoms with Crippen LogP contribution in [0.1, 0.15) is 271 Å². The molecule has 1 aliphatic heterocycles. The van der Waals surface area contributed by atoms with E-state index in [4.69, 9.17) is 18.9 Å². The highest BCUT2D eigenvalue weighted by Crippen LogP contribution is 2.23. The van der Waals surface area contributed by atoms with Crippen molar-refractivity contribution in [2.24, 2.45) is 0 Å². The summed E-state index contributed by atoms with van der Waals surface area (Å²) in [7, 11) is 0. The van der Waals surface area contributed by atoms with E-state index in [2.05, 4.69) is 26.0 Å². The van der Waals surface area contributed by atoms with Crippen molar-refractivity contribution < 1.29 is 53.8 Å². The number of ether oxygens (including phenoxy) is 4. The molecular weight excluding hydrogens is 837 g/mol. The van der Waals surface area contributed by atoms with E-state index in [1.54, 1.807) is 0 Å². The molecule has 1 saturated heterocycles. The minimum atomic E-state index is -1.86. The summed E-state index contributed by atoms with van der Waals surface area (Å²) in [5.74, 6) is -2.43. The molecule has 11 nitrogen and oxygen atoms in total. The van der Waals surface area contributed by atoms with Crippen molar-refractivity contribution in [2.75, 3.05) is 13.2 Å². The van der Waals surface area contributed by atoms with E-state index in [-0.39, 0.29) is 26.1 Å². The third-order valence-corrected chi connectivity index (χ3v) is 13.1. The fourth-order valence-corrected chi connectivity index (χ4v) is 8.76. The van der Waals surface area contributed by atoms with Crippen LogP contribution in [0.4, 0.5) is 0 Å². The first-order valence-corrected chi connectivity index (χ1v) is 27.7. The molecule has 0 aromatic heterocycles. The van der Waals surface area contributed by atoms with E-state index < -0.39 is 54.7 Å². The molecule has 0 radical (unpaired) electrons. The normalized spacial score (nSPS) is 19.1. The van der Waals surface area contributed by atoms with Gasteiger partial charge < -0.3 is 39.4 Å². The molecule has 4 N–H and O–H groups in total. The molecule has 1 fully saturated rings. The van der Waals surface area contributed by atoms with Crippen LogP contribution in [0.2, 0.25) is 0 Å². The maximum atomic E-state index is 12.9. The Morgan fingerprint density at radius 2 is 0.803 bits per heavy atom. The van der Waals surface area contributed by atoms with Gasteiger partial charge in [-0.15, -0.1) is 0 Å². The Hall–Kier alpha value is -2.05. The molecule has 0 aliphatic carbocycles. The second-order valence-electron chi connectivity index (χ2n) is 19.4. The molecule has 0 saturated carbocycles. The highest BCUT2D eigenvalue weighted by atomic mass is 16.7. The van der Waals surface area contributed by atoms with Gasteiger partial charge in [0.2, 0.25) is 0 Å². The first kappa shape index (κ1) is 62.0. The van der Waals surface area contributed by atoms with Gasteiger partial charge in [0.25, 0.3) is 0 Å². The van der Waals surface area contributed by atoms with Crippen LogP contribution < -0.4 is 0 Å². The average molecular weight is 939 g/mol. The fourth-order valence-electron chi connectivity index (χ4n) is 8.76. The molecule has 1 rings (SSSR count). The van der Waals surface area contributed by atoms with Crippen LogP contribution in [0.15, 0.2) is 12.2 Å². The number of aliphatic hydroxyl groups is 3. The number of hydrogen-bond acceptors (Lipinski definition) is 10. The Balaban J connectivity index is 2.24. The molecule has 1 heterocycles. The topological polar surface area (TPSA) is 169 Å². The van der Waals surface area contributed by atoms with Gasteiger partial charge in [-0.25, -0.2) is 4.79 Å². The second-order valence-corrected chi connectivity index (χ2v) is 19.4. The highest BCUT2D eigenvalue weighted by Gasteiger charge is 2.47. The molecule has 0 bridgehead atoms. The van der Waals surface area contributed by atoms with Crippen molar-refractivity contribution in [1.29, 1.82) is 0 Å². The molecule has 0 spiro atoms. The minimum Gasteiger partial charge on any atom is -0.479 e. The Morgan fingerprint density at radius 3 is 1.18 bits per heavy atom. The molecule has 388 valence electrons. The number of aliphatic hydroxyl groups excluding tert-OH is 3. The van der Waals surface area contributed by atoms with Crippen molar-refractivity contribution in [2.45, 2.75) is 307 Å². The minimum absolute atomic E-state index is 0.189. The van der Waals surface area contributed by atoms with Crippen molar-refractivity contribution in [3.8, 4) is 0 Å². The van der Waals surface area contributed by atoms with E-state index in [0.717, 1.165) is 44.9 Å². The lowest BCUT2D eigenvalue weighted by atomic mass is 9.99. The number of carboxylic acid groups (broad SMARTS) is 1. The summed E-state index contributed by atoms with van der Waals surface area (Å²) in [5.41, 5.74) is 0. The maximum Gasteiger partial charge on any atom is 0.335 e. The van der Waals surface area contributed by atoms with E-state index in [9.17, 15) is 34.8 Å². The van der Waals surface area contributed by atoms with E-state index in [1.165, 1.54) is 186 Å². The van der Waals surface area contributed by atoms with E-state index >= 15 is 0 Å². The number of rotatable bonds is 48. The van der Waals surface area contributed by atoms with Gasteiger partial charge in [0.05, 0.1) is 6.61 Å². The Morgan fingerprint density at radius 1 is 0.455 bits per heavy atom. The van der Waals surface area contributed by atoms with Crippen LogP contribution in [-0.4, -0.2) is 88.4 Å². The summed E-state index contributed by atoms with van der Waals surface area (Å²) >= 11 is 0. The van der Waals surface area contributed by atoms with Crippen LogP contribution in [0.3, 0.4) is 0 Å². The van der Waals surface area contributed by atoms with Gasteiger partial charge >= 0.3 is 17.9 Å². The quantitative estimate of drug-likeness (QED) is 0.0260. The van der Waals surface area contributed by atoms with Crippen molar-refractivity contribution in [1.82, 2.24) is 0 Å². The molecule has 0 amide bonds. The number of unbranched alkanes of at least 4 members (excludes halogenated alkanes) is 35. The van der Waals surface area contributed by atoms with Crippen LogP contribution in [0.5, 0.6) is 0 Å². The summed E-state index contributed by atoms with van der Waals surface area (Å²) in [4.78, 5) is 37.0. The summed E-state index contributed by atoms with van der Waals surface area (Å²) in [6, 6.07) is 0. The summed E-state index contributed by atoms with van der Waals surface area (Å²) in [6.45, 7) is 3.86. The Kier molecular flexibility index (Phi) is 42.6. The monoisotopic (exact) mass is 939 g/mol. The molecule has 66 heavy (non-hydrogen) atoms. The van der Waals surface area contributed by atoms with Gasteiger partial charge in [0, 0.05) is 12.8 Å². The number of aliphatic carboxylic acids is 1. The van der Waals surface area contributed by atoms with Gasteiger partial charge in [0.1, 0.15) is 24.9 Å². The third kappa shape index (κ3) is 36.0. The van der Waals surface area contributed by atoms with Gasteiger partial charge in [-0.1, -0.05) is 231 Å². The standard InChI is InChI=1S/C55H102O11/c1-3-5-7-9-11-13-15-17-19-21-22-23-24-25-26-28-30-32-34-36-38-40-42-44-49(57)65-47(46-64-55-52(60)50(58)51(59)53(66-55)54(61)62)45-63-48(56)43-41-39-37-35-33-31-29-27-20-18-16-14-12-10-8-6-4-2/h18,20,47,50-53,55,58-60H,3-17,19,21-46H2,1-2H3,(H,61,62)/b20-18-.